The van der Waals surface area contributed by atoms with Crippen molar-refractivity contribution in [1.29, 1.82) is 0 Å². The molecular formula is C19H19BrF3NOS. The molecule has 26 heavy (non-hydrogen) atoms. The minimum atomic E-state index is -4.21. The summed E-state index contributed by atoms with van der Waals surface area (Å²) in [4.78, 5) is 12.1. The first-order chi connectivity index (χ1) is 12.1. The van der Waals surface area contributed by atoms with Crippen molar-refractivity contribution in [3.63, 3.8) is 0 Å². The van der Waals surface area contributed by atoms with Crippen LogP contribution in [0.15, 0.2) is 45.8 Å². The SMILES string of the molecule is Cc1cc(SC(CCC(F)(F)F)c2ccc(C(N)=O)cc2)cc(C)c1Br. The predicted octanol–water partition coefficient (Wildman–Crippen LogP) is 6.34. The fourth-order valence-corrected chi connectivity index (χ4v) is 4.16. The van der Waals surface area contributed by atoms with Crippen LogP contribution in [0.5, 0.6) is 0 Å². The highest BCUT2D eigenvalue weighted by Crippen LogP contribution is 2.42. The Morgan fingerprint density at radius 1 is 1.15 bits per heavy atom. The molecular weight excluding hydrogens is 427 g/mol. The summed E-state index contributed by atoms with van der Waals surface area (Å²) in [6.45, 7) is 3.90. The monoisotopic (exact) mass is 445 g/mol. The van der Waals surface area contributed by atoms with E-state index in [4.69, 9.17) is 5.73 Å². The molecule has 2 N–H and O–H groups in total. The Morgan fingerprint density at radius 2 is 1.69 bits per heavy atom. The van der Waals surface area contributed by atoms with Gasteiger partial charge in [0.15, 0.2) is 0 Å². The summed E-state index contributed by atoms with van der Waals surface area (Å²) in [7, 11) is 0. The first-order valence-corrected chi connectivity index (χ1v) is 9.64. The zero-order valence-corrected chi connectivity index (χ0v) is 16.8. The van der Waals surface area contributed by atoms with Crippen molar-refractivity contribution < 1.29 is 18.0 Å². The van der Waals surface area contributed by atoms with Crippen molar-refractivity contribution in [3.05, 3.63) is 63.1 Å². The standard InChI is InChI=1S/C19H19BrF3NOS/c1-11-9-15(10-12(2)17(11)20)26-16(7-8-19(21,22)23)13-3-5-14(6-4-13)18(24)25/h3-6,9-10,16H,7-8H2,1-2H3,(H2,24,25). The van der Waals surface area contributed by atoms with Gasteiger partial charge in [0.25, 0.3) is 0 Å². The van der Waals surface area contributed by atoms with E-state index in [1.807, 2.05) is 26.0 Å². The van der Waals surface area contributed by atoms with Gasteiger partial charge >= 0.3 is 6.18 Å². The molecule has 2 nitrogen and oxygen atoms in total. The number of amides is 1. The lowest BCUT2D eigenvalue weighted by molar-refractivity contribution is -0.135. The van der Waals surface area contributed by atoms with Gasteiger partial charge in [0, 0.05) is 26.6 Å². The highest BCUT2D eigenvalue weighted by atomic mass is 79.9. The van der Waals surface area contributed by atoms with Crippen molar-refractivity contribution >= 4 is 33.6 Å². The van der Waals surface area contributed by atoms with E-state index >= 15 is 0 Å². The third-order valence-corrected chi connectivity index (χ3v) is 6.50. The molecule has 1 amide bonds. The highest BCUT2D eigenvalue weighted by molar-refractivity contribution is 9.10. The molecule has 0 bridgehead atoms. The topological polar surface area (TPSA) is 43.1 Å². The Balaban J connectivity index is 2.30. The molecule has 2 aromatic carbocycles. The number of carbonyl (C=O) groups excluding carboxylic acids is 1. The third-order valence-electron chi connectivity index (χ3n) is 3.95. The van der Waals surface area contributed by atoms with Gasteiger partial charge in [-0.3, -0.25) is 4.79 Å². The van der Waals surface area contributed by atoms with Crippen LogP contribution in [-0.4, -0.2) is 12.1 Å². The molecule has 0 aliphatic heterocycles. The minimum Gasteiger partial charge on any atom is -0.366 e. The lowest BCUT2D eigenvalue weighted by Crippen LogP contribution is -2.11. The lowest BCUT2D eigenvalue weighted by atomic mass is 10.1. The largest absolute Gasteiger partial charge is 0.389 e. The zero-order chi connectivity index (χ0) is 19.5. The van der Waals surface area contributed by atoms with Gasteiger partial charge in [-0.1, -0.05) is 28.1 Å². The molecule has 2 rings (SSSR count). The summed E-state index contributed by atoms with van der Waals surface area (Å²) in [5, 5.41) is -0.376. The molecule has 0 aliphatic rings. The maximum absolute atomic E-state index is 12.7. The van der Waals surface area contributed by atoms with Crippen molar-refractivity contribution in [2.24, 2.45) is 5.73 Å². The van der Waals surface area contributed by atoms with Gasteiger partial charge < -0.3 is 5.73 Å². The van der Waals surface area contributed by atoms with Crippen LogP contribution in [0.3, 0.4) is 0 Å². The lowest BCUT2D eigenvalue weighted by Gasteiger charge is -2.19. The molecule has 2 aromatic rings. The molecule has 1 atom stereocenters. The number of aryl methyl sites for hydroxylation is 2. The Labute approximate surface area is 163 Å². The summed E-state index contributed by atoms with van der Waals surface area (Å²) >= 11 is 4.90. The van der Waals surface area contributed by atoms with Gasteiger partial charge in [0.05, 0.1) is 0 Å². The Kier molecular flexibility index (Phi) is 6.80. The summed E-state index contributed by atoms with van der Waals surface area (Å²) in [5.41, 5.74) is 8.37. The molecule has 0 fully saturated rings. The Morgan fingerprint density at radius 3 is 2.15 bits per heavy atom. The second-order valence-electron chi connectivity index (χ2n) is 6.12. The number of rotatable bonds is 6. The number of halogens is 4. The van der Waals surface area contributed by atoms with E-state index in [0.717, 1.165) is 26.1 Å². The number of benzene rings is 2. The first-order valence-electron chi connectivity index (χ1n) is 7.97. The number of carbonyl (C=O) groups is 1. The fraction of sp³-hybridized carbons (Fsp3) is 0.316. The molecule has 0 spiro atoms. The van der Waals surface area contributed by atoms with E-state index in [0.29, 0.717) is 5.56 Å². The Bertz CT molecular complexity index is 767. The third kappa shape index (κ3) is 5.77. The number of nitrogens with two attached hydrogens (primary N) is 1. The number of primary amides is 1. The molecule has 1 unspecified atom stereocenters. The smallest absolute Gasteiger partial charge is 0.366 e. The van der Waals surface area contributed by atoms with Crippen LogP contribution in [0, 0.1) is 13.8 Å². The van der Waals surface area contributed by atoms with Gasteiger partial charge in [-0.2, -0.15) is 13.2 Å². The predicted molar refractivity (Wildman–Crippen MR) is 102 cm³/mol. The van der Waals surface area contributed by atoms with Crippen molar-refractivity contribution in [2.75, 3.05) is 0 Å². The summed E-state index contributed by atoms with van der Waals surface area (Å²) in [5.74, 6) is -0.560. The molecule has 7 heteroatoms. The molecule has 0 radical (unpaired) electrons. The molecule has 0 saturated heterocycles. The molecule has 0 heterocycles. The van der Waals surface area contributed by atoms with E-state index in [1.165, 1.54) is 11.8 Å². The zero-order valence-electron chi connectivity index (χ0n) is 14.4. The van der Waals surface area contributed by atoms with E-state index in [-0.39, 0.29) is 11.7 Å². The van der Waals surface area contributed by atoms with E-state index in [1.54, 1.807) is 24.3 Å². The maximum atomic E-state index is 12.7. The van der Waals surface area contributed by atoms with E-state index in [9.17, 15) is 18.0 Å². The van der Waals surface area contributed by atoms with Crippen LogP contribution >= 0.6 is 27.7 Å². The van der Waals surface area contributed by atoms with Gasteiger partial charge in [-0.05, 0) is 61.2 Å². The number of hydrogen-bond acceptors (Lipinski definition) is 2. The van der Waals surface area contributed by atoms with Crippen molar-refractivity contribution in [2.45, 2.75) is 43.0 Å². The average Bonchev–Trinajstić information content (AvgIpc) is 2.55. The summed E-state index contributed by atoms with van der Waals surface area (Å²) < 4.78 is 39.2. The van der Waals surface area contributed by atoms with Gasteiger partial charge in [-0.25, -0.2) is 0 Å². The molecule has 140 valence electrons. The minimum absolute atomic E-state index is 0.0434. The summed E-state index contributed by atoms with van der Waals surface area (Å²) in [6, 6.07) is 10.4. The number of hydrogen-bond donors (Lipinski definition) is 1. The van der Waals surface area contributed by atoms with E-state index < -0.39 is 18.5 Å². The molecule has 0 saturated carbocycles. The van der Waals surface area contributed by atoms with Crippen LogP contribution in [-0.2, 0) is 0 Å². The van der Waals surface area contributed by atoms with E-state index in [2.05, 4.69) is 15.9 Å². The van der Waals surface area contributed by atoms with Crippen LogP contribution in [0.4, 0.5) is 13.2 Å². The van der Waals surface area contributed by atoms with Crippen molar-refractivity contribution in [3.8, 4) is 0 Å². The Hall–Kier alpha value is -1.47. The quantitative estimate of drug-likeness (QED) is 0.526. The normalized spacial score (nSPS) is 12.8. The first kappa shape index (κ1) is 20.8. The maximum Gasteiger partial charge on any atom is 0.389 e. The second-order valence-corrected chi connectivity index (χ2v) is 8.19. The van der Waals surface area contributed by atoms with Gasteiger partial charge in [-0.15, -0.1) is 11.8 Å². The van der Waals surface area contributed by atoms with Gasteiger partial charge in [0.1, 0.15) is 0 Å². The summed E-state index contributed by atoms with van der Waals surface area (Å²) in [6.07, 6.45) is -5.12. The second kappa shape index (κ2) is 8.48. The molecule has 0 aliphatic carbocycles. The van der Waals surface area contributed by atoms with Gasteiger partial charge in [0.2, 0.25) is 5.91 Å². The van der Waals surface area contributed by atoms with Crippen LogP contribution in [0.25, 0.3) is 0 Å². The highest BCUT2D eigenvalue weighted by Gasteiger charge is 2.29. The van der Waals surface area contributed by atoms with Crippen LogP contribution in [0.1, 0.15) is 45.1 Å². The number of alkyl halides is 3. The number of thioether (sulfide) groups is 1. The average molecular weight is 446 g/mol. The molecule has 0 aromatic heterocycles. The van der Waals surface area contributed by atoms with Crippen molar-refractivity contribution in [1.82, 2.24) is 0 Å². The van der Waals surface area contributed by atoms with Crippen LogP contribution < -0.4 is 5.73 Å². The fourth-order valence-electron chi connectivity index (χ4n) is 2.59. The van der Waals surface area contributed by atoms with Crippen LogP contribution in [0.2, 0.25) is 0 Å².